The smallest absolute Gasteiger partial charge is 0.469 e. The molecule has 1 unspecified atom stereocenters. The van der Waals surface area contributed by atoms with E-state index in [4.69, 9.17) is 24.0 Å². The van der Waals surface area contributed by atoms with E-state index in [2.05, 4.69) is 20.9 Å². The molecule has 1 aromatic heterocycles. The van der Waals surface area contributed by atoms with Gasteiger partial charge in [0, 0.05) is 29.4 Å². The molecule has 5 N–H and O–H groups in total. The van der Waals surface area contributed by atoms with Crippen molar-refractivity contribution in [2.45, 2.75) is 26.1 Å². The van der Waals surface area contributed by atoms with Crippen LogP contribution in [-0.4, -0.2) is 65.5 Å². The van der Waals surface area contributed by atoms with Crippen LogP contribution in [0.4, 0.5) is 0 Å². The second kappa shape index (κ2) is 14.2. The van der Waals surface area contributed by atoms with Gasteiger partial charge in [-0.05, 0) is 44.2 Å². The zero-order valence-corrected chi connectivity index (χ0v) is 22.6. The number of fused-ring (bicyclic) bond motifs is 3. The summed E-state index contributed by atoms with van der Waals surface area (Å²) in [6.45, 7) is 4.81. The van der Waals surface area contributed by atoms with E-state index in [1.54, 1.807) is 21.0 Å². The van der Waals surface area contributed by atoms with Gasteiger partial charge < -0.3 is 39.4 Å². The van der Waals surface area contributed by atoms with Crippen molar-refractivity contribution >= 4 is 29.6 Å². The third kappa shape index (κ3) is 9.02. The molecule has 38 heavy (non-hydrogen) atoms. The number of phosphoric acid groups is 1. The number of hydrogen-bond acceptors (Lipinski definition) is 7. The van der Waals surface area contributed by atoms with Gasteiger partial charge in [0.1, 0.15) is 25.1 Å². The van der Waals surface area contributed by atoms with E-state index in [-0.39, 0.29) is 6.61 Å². The highest BCUT2D eigenvalue weighted by molar-refractivity contribution is 7.46. The summed E-state index contributed by atoms with van der Waals surface area (Å²) in [5.41, 5.74) is 2.09. The van der Waals surface area contributed by atoms with E-state index >= 15 is 0 Å². The highest BCUT2D eigenvalue weighted by Gasteiger charge is 2.15. The molecule has 1 heterocycles. The van der Waals surface area contributed by atoms with E-state index in [0.717, 1.165) is 27.6 Å². The van der Waals surface area contributed by atoms with Crippen molar-refractivity contribution < 1.29 is 38.2 Å². The summed E-state index contributed by atoms with van der Waals surface area (Å²) in [6.07, 6.45) is -1.05. The van der Waals surface area contributed by atoms with Crippen LogP contribution in [-0.2, 0) is 9.09 Å². The first-order chi connectivity index (χ1) is 18.2. The Hall–Kier alpha value is -3.11. The Bertz CT molecular complexity index is 1340. The molecule has 0 saturated heterocycles. The summed E-state index contributed by atoms with van der Waals surface area (Å²) in [4.78, 5) is 19.6. The number of rotatable bonds is 12. The van der Waals surface area contributed by atoms with Crippen molar-refractivity contribution in [1.29, 1.82) is 0 Å². The fraction of sp³-hybridized carbons (Fsp3) is 0.333. The lowest BCUT2D eigenvalue weighted by Gasteiger charge is -2.15. The molecule has 4 rings (SSSR count). The Morgan fingerprint density at radius 1 is 0.895 bits per heavy atom. The highest BCUT2D eigenvalue weighted by atomic mass is 31.2. The van der Waals surface area contributed by atoms with Gasteiger partial charge in [0.05, 0.1) is 18.7 Å². The summed E-state index contributed by atoms with van der Waals surface area (Å²) in [5, 5.41) is 15.6. The first-order valence-corrected chi connectivity index (χ1v) is 13.7. The van der Waals surface area contributed by atoms with Gasteiger partial charge in [-0.25, -0.2) is 4.57 Å². The number of aliphatic hydroxyl groups is 1. The van der Waals surface area contributed by atoms with Crippen molar-refractivity contribution in [1.82, 2.24) is 10.3 Å². The van der Waals surface area contributed by atoms with Crippen LogP contribution < -0.4 is 19.5 Å². The molecule has 1 atom stereocenters. The van der Waals surface area contributed by atoms with Gasteiger partial charge in [-0.1, -0.05) is 36.4 Å². The number of hydrogen-bond donors (Lipinski definition) is 5. The summed E-state index contributed by atoms with van der Waals surface area (Å²) in [5.74, 6) is 2.18. The second-order valence-corrected chi connectivity index (χ2v) is 9.85. The lowest BCUT2D eigenvalue weighted by molar-refractivity contribution is 0.106. The van der Waals surface area contributed by atoms with Gasteiger partial charge >= 0.3 is 7.82 Å². The molecule has 4 aromatic rings. The normalized spacial score (nSPS) is 12.3. The van der Waals surface area contributed by atoms with Gasteiger partial charge in [-0.2, -0.15) is 0 Å². The van der Waals surface area contributed by atoms with Crippen LogP contribution in [0.1, 0.15) is 13.8 Å². The fourth-order valence-electron chi connectivity index (χ4n) is 3.75. The number of para-hydroxylation sites is 3. The SMILES string of the molecule is CC(C)OP(=O)(O)O.COc1ccccc1OCCNCC(O)COc1cccc2[nH]c3ccccc3c12. The van der Waals surface area contributed by atoms with Crippen molar-refractivity contribution in [3.8, 4) is 17.2 Å². The Kier molecular flexibility index (Phi) is 11.0. The number of aliphatic hydroxyl groups excluding tert-OH is 1. The van der Waals surface area contributed by atoms with Crippen LogP contribution >= 0.6 is 7.82 Å². The molecule has 0 aliphatic heterocycles. The number of aromatic nitrogens is 1. The van der Waals surface area contributed by atoms with Crippen LogP contribution in [0.25, 0.3) is 21.8 Å². The maximum atomic E-state index is 10.3. The van der Waals surface area contributed by atoms with Gasteiger partial charge in [0.2, 0.25) is 0 Å². The molecule has 0 radical (unpaired) electrons. The number of nitrogens with one attached hydrogen (secondary N) is 2. The molecule has 0 fully saturated rings. The zero-order chi connectivity index (χ0) is 27.5. The molecule has 0 bridgehead atoms. The van der Waals surface area contributed by atoms with Crippen molar-refractivity contribution in [2.75, 3.05) is 33.4 Å². The predicted octanol–water partition coefficient (Wildman–Crippen LogP) is 4.24. The first kappa shape index (κ1) is 29.4. The summed E-state index contributed by atoms with van der Waals surface area (Å²) < 4.78 is 30.9. The molecular weight excluding hydrogens is 511 g/mol. The summed E-state index contributed by atoms with van der Waals surface area (Å²) in [7, 11) is -2.60. The molecule has 3 aromatic carbocycles. The third-order valence-corrected chi connectivity index (χ3v) is 5.95. The monoisotopic (exact) mass is 546 g/mol. The van der Waals surface area contributed by atoms with Crippen molar-refractivity contribution in [3.63, 3.8) is 0 Å². The molecular formula is C27H35N2O8P. The second-order valence-electron chi connectivity index (χ2n) is 8.66. The largest absolute Gasteiger partial charge is 0.493 e. The number of aromatic amines is 1. The van der Waals surface area contributed by atoms with Gasteiger partial charge in [-0.15, -0.1) is 0 Å². The molecule has 206 valence electrons. The van der Waals surface area contributed by atoms with Crippen molar-refractivity contribution in [3.05, 3.63) is 66.7 Å². The van der Waals surface area contributed by atoms with Crippen LogP contribution in [0.3, 0.4) is 0 Å². The minimum atomic E-state index is -4.22. The maximum absolute atomic E-state index is 10.3. The standard InChI is InChI=1S/C24H26N2O4.C3H9O4P/c1-28-21-10-4-5-11-22(21)29-14-13-25-15-17(27)16-30-23-12-6-9-20-24(23)18-7-2-3-8-19(18)26-20;1-3(2)7-8(4,5)6/h2-12,17,25-27H,13-16H2,1H3;3H,1-2H3,(H2,4,5,6). The maximum Gasteiger partial charge on any atom is 0.469 e. The lowest BCUT2D eigenvalue weighted by Crippen LogP contribution is -2.33. The molecule has 0 aliphatic carbocycles. The Labute approximate surface area is 221 Å². The van der Waals surface area contributed by atoms with Crippen molar-refractivity contribution in [2.24, 2.45) is 0 Å². The minimum Gasteiger partial charge on any atom is -0.493 e. The van der Waals surface area contributed by atoms with Gasteiger partial charge in [-0.3, -0.25) is 4.52 Å². The Morgan fingerprint density at radius 2 is 1.55 bits per heavy atom. The summed E-state index contributed by atoms with van der Waals surface area (Å²) in [6, 6.07) is 21.6. The molecule has 0 amide bonds. The topological polar surface area (TPSA) is 143 Å². The minimum absolute atomic E-state index is 0.207. The predicted molar refractivity (Wildman–Crippen MR) is 147 cm³/mol. The average molecular weight is 547 g/mol. The zero-order valence-electron chi connectivity index (χ0n) is 21.7. The Balaban J connectivity index is 0.000000436. The van der Waals surface area contributed by atoms with Crippen LogP contribution in [0.15, 0.2) is 66.7 Å². The third-order valence-electron chi connectivity index (χ3n) is 5.26. The molecule has 0 aliphatic rings. The van der Waals surface area contributed by atoms with E-state index in [0.29, 0.717) is 31.2 Å². The van der Waals surface area contributed by atoms with Gasteiger partial charge in [0.25, 0.3) is 0 Å². The molecule has 11 heteroatoms. The van der Waals surface area contributed by atoms with E-state index in [9.17, 15) is 9.67 Å². The Morgan fingerprint density at radius 3 is 2.24 bits per heavy atom. The highest BCUT2D eigenvalue weighted by Crippen LogP contribution is 2.37. The fourth-order valence-corrected chi connectivity index (χ4v) is 4.30. The number of benzene rings is 3. The first-order valence-electron chi connectivity index (χ1n) is 12.2. The van der Waals surface area contributed by atoms with E-state index in [1.165, 1.54) is 0 Å². The van der Waals surface area contributed by atoms with Crippen LogP contribution in [0.2, 0.25) is 0 Å². The summed E-state index contributed by atoms with van der Waals surface area (Å²) >= 11 is 0. The average Bonchev–Trinajstić information content (AvgIpc) is 3.26. The molecule has 10 nitrogen and oxygen atoms in total. The quantitative estimate of drug-likeness (QED) is 0.130. The van der Waals surface area contributed by atoms with E-state index < -0.39 is 20.0 Å². The molecule has 0 saturated carbocycles. The van der Waals surface area contributed by atoms with Crippen LogP contribution in [0, 0.1) is 0 Å². The number of methoxy groups -OCH3 is 1. The van der Waals surface area contributed by atoms with E-state index in [1.807, 2.05) is 60.7 Å². The number of phosphoric ester groups is 1. The number of H-pyrrole nitrogens is 1. The lowest BCUT2D eigenvalue weighted by atomic mass is 10.1. The van der Waals surface area contributed by atoms with Gasteiger partial charge in [0.15, 0.2) is 11.5 Å². The van der Waals surface area contributed by atoms with Crippen LogP contribution in [0.5, 0.6) is 17.2 Å². The number of ether oxygens (including phenoxy) is 3. The molecule has 0 spiro atoms.